The van der Waals surface area contributed by atoms with Crippen LogP contribution in [0.5, 0.6) is 0 Å². The molecule has 1 saturated carbocycles. The third-order valence-electron chi connectivity index (χ3n) is 4.62. The van der Waals surface area contributed by atoms with Crippen LogP contribution in [0.15, 0.2) is 48.5 Å². The summed E-state index contributed by atoms with van der Waals surface area (Å²) < 4.78 is 40.8. The maximum atomic E-state index is 13.3. The number of carbonyl (C=O) groups is 1. The highest BCUT2D eigenvalue weighted by Crippen LogP contribution is 2.41. The molecule has 0 aliphatic heterocycles. The minimum atomic E-state index is -4.39. The summed E-state index contributed by atoms with van der Waals surface area (Å²) in [4.78, 5) is 12.5. The Morgan fingerprint density at radius 3 is 2.44 bits per heavy atom. The summed E-state index contributed by atoms with van der Waals surface area (Å²) >= 11 is 2.09. The van der Waals surface area contributed by atoms with E-state index in [1.165, 1.54) is 12.1 Å². The van der Waals surface area contributed by atoms with Crippen molar-refractivity contribution in [2.24, 2.45) is 0 Å². The van der Waals surface area contributed by atoms with Crippen LogP contribution >= 0.6 is 22.6 Å². The molecule has 1 amide bonds. The van der Waals surface area contributed by atoms with Gasteiger partial charge in [0.25, 0.3) is 5.91 Å². The average Bonchev–Trinajstić information content (AvgIpc) is 3.02. The number of hydrogen-bond donors (Lipinski definition) is 1. The minimum Gasteiger partial charge on any atom is -0.349 e. The van der Waals surface area contributed by atoms with Gasteiger partial charge in [0.05, 0.1) is 11.1 Å². The minimum absolute atomic E-state index is 0.230. The van der Waals surface area contributed by atoms with E-state index >= 15 is 0 Å². The quantitative estimate of drug-likeness (QED) is 0.615. The molecule has 25 heavy (non-hydrogen) atoms. The lowest BCUT2D eigenvalue weighted by Crippen LogP contribution is -2.37. The molecular formula is C19H17F3INO. The van der Waals surface area contributed by atoms with E-state index in [0.717, 1.165) is 16.1 Å². The van der Waals surface area contributed by atoms with Gasteiger partial charge in [-0.25, -0.2) is 0 Å². The van der Waals surface area contributed by atoms with Crippen molar-refractivity contribution in [1.82, 2.24) is 5.32 Å². The van der Waals surface area contributed by atoms with Crippen LogP contribution in [-0.4, -0.2) is 11.9 Å². The first kappa shape index (κ1) is 18.2. The standard InChI is InChI=1S/C19H17F3INO/c20-19(21,22)15-9-3-1-6-12(15)13-8-5-11-17(13)24-18(25)14-7-2-4-10-16(14)23/h1-4,6-7,9-10,13,17H,5,8,11H2,(H,24,25)/t13-,17+/m0/s1. The average molecular weight is 459 g/mol. The Balaban J connectivity index is 1.85. The number of carbonyl (C=O) groups excluding carboxylic acids is 1. The highest BCUT2D eigenvalue weighted by Gasteiger charge is 2.38. The first-order valence-electron chi connectivity index (χ1n) is 8.09. The smallest absolute Gasteiger partial charge is 0.349 e. The molecule has 6 heteroatoms. The number of halogens is 4. The van der Waals surface area contributed by atoms with Crippen molar-refractivity contribution >= 4 is 28.5 Å². The predicted molar refractivity (Wildman–Crippen MR) is 98.4 cm³/mol. The Hall–Kier alpha value is -1.57. The van der Waals surface area contributed by atoms with Gasteiger partial charge < -0.3 is 5.32 Å². The molecule has 0 unspecified atom stereocenters. The van der Waals surface area contributed by atoms with Crippen molar-refractivity contribution in [3.8, 4) is 0 Å². The molecule has 0 spiro atoms. The van der Waals surface area contributed by atoms with Gasteiger partial charge in [0, 0.05) is 15.5 Å². The summed E-state index contributed by atoms with van der Waals surface area (Å²) in [6.07, 6.45) is -2.26. The predicted octanol–water partition coefficient (Wildman–Crippen LogP) is 5.38. The van der Waals surface area contributed by atoms with E-state index in [1.54, 1.807) is 18.2 Å². The molecule has 0 bridgehead atoms. The zero-order valence-electron chi connectivity index (χ0n) is 13.3. The second-order valence-electron chi connectivity index (χ2n) is 6.18. The molecule has 1 fully saturated rings. The highest BCUT2D eigenvalue weighted by atomic mass is 127. The van der Waals surface area contributed by atoms with Crippen LogP contribution in [0, 0.1) is 3.57 Å². The lowest BCUT2D eigenvalue weighted by Gasteiger charge is -2.24. The maximum Gasteiger partial charge on any atom is 0.416 e. The van der Waals surface area contributed by atoms with Crippen LogP contribution < -0.4 is 5.32 Å². The Morgan fingerprint density at radius 1 is 1.04 bits per heavy atom. The van der Waals surface area contributed by atoms with Gasteiger partial charge in [0.15, 0.2) is 0 Å². The molecule has 0 aromatic heterocycles. The monoisotopic (exact) mass is 459 g/mol. The number of nitrogens with one attached hydrogen (secondary N) is 1. The van der Waals surface area contributed by atoms with Crippen LogP contribution in [0.1, 0.15) is 46.7 Å². The molecule has 2 nitrogen and oxygen atoms in total. The molecule has 0 radical (unpaired) electrons. The zero-order valence-corrected chi connectivity index (χ0v) is 15.5. The van der Waals surface area contributed by atoms with Crippen molar-refractivity contribution in [3.63, 3.8) is 0 Å². The lowest BCUT2D eigenvalue weighted by molar-refractivity contribution is -0.138. The molecule has 1 N–H and O–H groups in total. The van der Waals surface area contributed by atoms with Gasteiger partial charge in [0.1, 0.15) is 0 Å². The van der Waals surface area contributed by atoms with Gasteiger partial charge >= 0.3 is 6.18 Å². The number of benzene rings is 2. The molecular weight excluding hydrogens is 442 g/mol. The van der Waals surface area contributed by atoms with E-state index in [0.29, 0.717) is 18.4 Å². The second-order valence-corrected chi connectivity index (χ2v) is 7.34. The molecule has 3 rings (SSSR count). The molecule has 132 valence electrons. The summed E-state index contributed by atoms with van der Waals surface area (Å²) in [7, 11) is 0. The van der Waals surface area contributed by atoms with Crippen LogP contribution in [0.4, 0.5) is 13.2 Å². The van der Waals surface area contributed by atoms with E-state index in [-0.39, 0.29) is 23.4 Å². The van der Waals surface area contributed by atoms with Gasteiger partial charge in [0.2, 0.25) is 0 Å². The van der Waals surface area contributed by atoms with Gasteiger partial charge in [-0.3, -0.25) is 4.79 Å². The van der Waals surface area contributed by atoms with E-state index in [2.05, 4.69) is 27.9 Å². The van der Waals surface area contributed by atoms with Crippen LogP contribution in [-0.2, 0) is 6.18 Å². The third-order valence-corrected chi connectivity index (χ3v) is 5.56. The number of hydrogen-bond acceptors (Lipinski definition) is 1. The Kier molecular flexibility index (Phi) is 5.36. The summed E-state index contributed by atoms with van der Waals surface area (Å²) in [6, 6.07) is 12.6. The van der Waals surface area contributed by atoms with Gasteiger partial charge in [-0.2, -0.15) is 13.2 Å². The third kappa shape index (κ3) is 3.99. The van der Waals surface area contributed by atoms with Crippen LogP contribution in [0.25, 0.3) is 0 Å². The summed E-state index contributed by atoms with van der Waals surface area (Å²) in [5.41, 5.74) is 0.230. The van der Waals surface area contributed by atoms with E-state index < -0.39 is 11.7 Å². The molecule has 1 aliphatic carbocycles. The lowest BCUT2D eigenvalue weighted by atomic mass is 9.89. The van der Waals surface area contributed by atoms with Crippen molar-refractivity contribution in [2.45, 2.75) is 37.4 Å². The van der Waals surface area contributed by atoms with Crippen molar-refractivity contribution < 1.29 is 18.0 Å². The van der Waals surface area contributed by atoms with E-state index in [4.69, 9.17) is 0 Å². The number of rotatable bonds is 3. The molecule has 1 aliphatic rings. The van der Waals surface area contributed by atoms with Gasteiger partial charge in [-0.05, 0) is 59.2 Å². The highest BCUT2D eigenvalue weighted by molar-refractivity contribution is 14.1. The van der Waals surface area contributed by atoms with E-state index in [1.807, 2.05) is 12.1 Å². The summed E-state index contributed by atoms with van der Waals surface area (Å²) in [6.45, 7) is 0. The van der Waals surface area contributed by atoms with E-state index in [9.17, 15) is 18.0 Å². The molecule has 0 heterocycles. The number of alkyl halides is 3. The fourth-order valence-electron chi connectivity index (χ4n) is 3.48. The van der Waals surface area contributed by atoms with Crippen LogP contribution in [0.2, 0.25) is 0 Å². The number of amides is 1. The summed E-state index contributed by atoms with van der Waals surface area (Å²) in [5, 5.41) is 2.95. The second kappa shape index (κ2) is 7.35. The largest absolute Gasteiger partial charge is 0.416 e. The fraction of sp³-hybridized carbons (Fsp3) is 0.316. The van der Waals surface area contributed by atoms with Crippen molar-refractivity contribution in [1.29, 1.82) is 0 Å². The Bertz CT molecular complexity index is 775. The summed E-state index contributed by atoms with van der Waals surface area (Å²) in [5.74, 6) is -0.547. The molecule has 2 aromatic rings. The van der Waals surface area contributed by atoms with Crippen LogP contribution in [0.3, 0.4) is 0 Å². The van der Waals surface area contributed by atoms with Crippen molar-refractivity contribution in [2.75, 3.05) is 0 Å². The Morgan fingerprint density at radius 2 is 1.72 bits per heavy atom. The normalized spacial score (nSPS) is 20.5. The zero-order chi connectivity index (χ0) is 18.0. The van der Waals surface area contributed by atoms with Crippen molar-refractivity contribution in [3.05, 3.63) is 68.8 Å². The molecule has 0 saturated heterocycles. The molecule has 2 aromatic carbocycles. The fourth-order valence-corrected chi connectivity index (χ4v) is 4.11. The topological polar surface area (TPSA) is 29.1 Å². The van der Waals surface area contributed by atoms with Gasteiger partial charge in [-0.1, -0.05) is 36.8 Å². The first-order valence-corrected chi connectivity index (χ1v) is 9.17. The first-order chi connectivity index (χ1) is 11.9. The molecule has 2 atom stereocenters. The SMILES string of the molecule is O=C(N[C@@H]1CCC[C@H]1c1ccccc1C(F)(F)F)c1ccccc1I. The van der Waals surface area contributed by atoms with Gasteiger partial charge in [-0.15, -0.1) is 0 Å². The maximum absolute atomic E-state index is 13.3. The Labute approximate surface area is 158 Å².